The molecule has 100 valence electrons. The molecule has 2 aromatic rings. The van der Waals surface area contributed by atoms with E-state index in [1.807, 2.05) is 23.5 Å². The third-order valence-corrected chi connectivity index (χ3v) is 4.94. The van der Waals surface area contributed by atoms with E-state index < -0.39 is 0 Å². The molecule has 0 unspecified atom stereocenters. The smallest absolute Gasteiger partial charge is 0.0931 e. The number of nitrogen functional groups attached to an aromatic ring is 1. The first-order valence-corrected chi connectivity index (χ1v) is 7.95. The van der Waals surface area contributed by atoms with Crippen LogP contribution in [-0.4, -0.2) is 4.98 Å². The predicted octanol–water partition coefficient (Wildman–Crippen LogP) is 3.78. The number of aryl methyl sites for hydroxylation is 4. The molecule has 0 aliphatic heterocycles. The summed E-state index contributed by atoms with van der Waals surface area (Å²) >= 11 is 1.94. The van der Waals surface area contributed by atoms with Crippen molar-refractivity contribution in [2.75, 3.05) is 5.73 Å². The number of hydrogen-bond donors (Lipinski definition) is 1. The van der Waals surface area contributed by atoms with Crippen LogP contribution in [0.15, 0.2) is 24.3 Å². The van der Waals surface area contributed by atoms with Gasteiger partial charge in [-0.05, 0) is 62.6 Å². The number of hydrogen-bond acceptors (Lipinski definition) is 3. The Balaban J connectivity index is 1.54. The van der Waals surface area contributed by atoms with E-state index in [4.69, 9.17) is 10.7 Å². The average Bonchev–Trinajstić information content (AvgIpc) is 2.83. The van der Waals surface area contributed by atoms with Crippen LogP contribution >= 0.6 is 11.3 Å². The number of thiazole rings is 1. The van der Waals surface area contributed by atoms with Gasteiger partial charge in [-0.25, -0.2) is 4.98 Å². The van der Waals surface area contributed by atoms with E-state index in [9.17, 15) is 0 Å². The van der Waals surface area contributed by atoms with Gasteiger partial charge in [-0.15, -0.1) is 11.3 Å². The third kappa shape index (κ3) is 3.16. The van der Waals surface area contributed by atoms with E-state index in [0.717, 1.165) is 18.5 Å². The van der Waals surface area contributed by atoms with Gasteiger partial charge in [-0.1, -0.05) is 12.1 Å². The third-order valence-electron chi connectivity index (χ3n) is 3.73. The summed E-state index contributed by atoms with van der Waals surface area (Å²) in [5, 5.41) is 1.34. The fraction of sp³-hybridized carbons (Fsp3) is 0.438. The van der Waals surface area contributed by atoms with Crippen molar-refractivity contribution >= 4 is 17.0 Å². The number of rotatable bonds is 4. The number of aromatic nitrogens is 1. The predicted molar refractivity (Wildman–Crippen MR) is 81.6 cm³/mol. The first-order chi connectivity index (χ1) is 9.31. The zero-order valence-electron chi connectivity index (χ0n) is 11.2. The molecular formula is C16H20N2S. The van der Waals surface area contributed by atoms with E-state index >= 15 is 0 Å². The van der Waals surface area contributed by atoms with Crippen LogP contribution in [0.3, 0.4) is 0 Å². The summed E-state index contributed by atoms with van der Waals surface area (Å²) in [6.07, 6.45) is 8.53. The van der Waals surface area contributed by atoms with Crippen LogP contribution in [0.5, 0.6) is 0 Å². The Kier molecular flexibility index (Phi) is 3.83. The molecule has 0 spiro atoms. The van der Waals surface area contributed by atoms with E-state index in [1.165, 1.54) is 48.4 Å². The fourth-order valence-corrected chi connectivity index (χ4v) is 3.84. The van der Waals surface area contributed by atoms with E-state index in [0.29, 0.717) is 0 Å². The molecule has 3 rings (SSSR count). The second kappa shape index (κ2) is 5.74. The minimum absolute atomic E-state index is 0.844. The van der Waals surface area contributed by atoms with Crippen LogP contribution < -0.4 is 5.73 Å². The van der Waals surface area contributed by atoms with Crippen LogP contribution in [0.2, 0.25) is 0 Å². The van der Waals surface area contributed by atoms with Crippen molar-refractivity contribution in [3.8, 4) is 0 Å². The summed E-state index contributed by atoms with van der Waals surface area (Å²) < 4.78 is 0. The first-order valence-electron chi connectivity index (χ1n) is 7.13. The lowest BCUT2D eigenvalue weighted by Gasteiger charge is -2.06. The van der Waals surface area contributed by atoms with E-state index in [-0.39, 0.29) is 0 Å². The maximum atomic E-state index is 5.69. The molecule has 2 N–H and O–H groups in total. The molecule has 0 saturated heterocycles. The number of benzene rings is 1. The summed E-state index contributed by atoms with van der Waals surface area (Å²) in [7, 11) is 0. The maximum absolute atomic E-state index is 5.69. The SMILES string of the molecule is Nc1ccc(CCCc2nc3c(s2)CCCC3)cc1. The van der Waals surface area contributed by atoms with Gasteiger partial charge in [0.1, 0.15) is 0 Å². The van der Waals surface area contributed by atoms with Gasteiger partial charge in [0, 0.05) is 10.6 Å². The van der Waals surface area contributed by atoms with Crippen LogP contribution in [0.1, 0.15) is 40.4 Å². The molecule has 3 heteroatoms. The van der Waals surface area contributed by atoms with Crippen molar-refractivity contribution in [1.82, 2.24) is 4.98 Å². The molecule has 0 radical (unpaired) electrons. The second-order valence-corrected chi connectivity index (χ2v) is 6.45. The summed E-state index contributed by atoms with van der Waals surface area (Å²) in [4.78, 5) is 6.34. The molecule has 1 aliphatic carbocycles. The van der Waals surface area contributed by atoms with Crippen molar-refractivity contribution < 1.29 is 0 Å². The van der Waals surface area contributed by atoms with Crippen molar-refractivity contribution in [2.45, 2.75) is 44.9 Å². The monoisotopic (exact) mass is 272 g/mol. The minimum atomic E-state index is 0.844. The minimum Gasteiger partial charge on any atom is -0.399 e. The van der Waals surface area contributed by atoms with Gasteiger partial charge in [0.25, 0.3) is 0 Å². The van der Waals surface area contributed by atoms with Crippen LogP contribution in [-0.2, 0) is 25.7 Å². The van der Waals surface area contributed by atoms with Crippen molar-refractivity contribution in [1.29, 1.82) is 0 Å². The zero-order chi connectivity index (χ0) is 13.1. The summed E-state index contributed by atoms with van der Waals surface area (Å²) in [5.74, 6) is 0. The Bertz CT molecular complexity index is 519. The van der Waals surface area contributed by atoms with E-state index in [1.54, 1.807) is 4.88 Å². The molecule has 0 fully saturated rings. The standard InChI is InChI=1S/C16H20N2S/c17-13-10-8-12(9-11-13)4-3-7-16-18-14-5-1-2-6-15(14)19-16/h8-11H,1-7,17H2. The average molecular weight is 272 g/mol. The lowest BCUT2D eigenvalue weighted by Crippen LogP contribution is -1.99. The quantitative estimate of drug-likeness (QED) is 0.860. The molecular weight excluding hydrogens is 252 g/mol. The Morgan fingerprint density at radius 1 is 1.05 bits per heavy atom. The highest BCUT2D eigenvalue weighted by Gasteiger charge is 2.14. The molecule has 0 atom stereocenters. The fourth-order valence-electron chi connectivity index (χ4n) is 2.64. The maximum Gasteiger partial charge on any atom is 0.0931 e. The zero-order valence-corrected chi connectivity index (χ0v) is 12.0. The topological polar surface area (TPSA) is 38.9 Å². The van der Waals surface area contributed by atoms with Gasteiger partial charge in [0.2, 0.25) is 0 Å². The molecule has 1 aliphatic rings. The number of nitrogens with two attached hydrogens (primary N) is 1. The Morgan fingerprint density at radius 3 is 2.63 bits per heavy atom. The van der Waals surface area contributed by atoms with Gasteiger partial charge >= 0.3 is 0 Å². The second-order valence-electron chi connectivity index (χ2n) is 5.28. The number of nitrogens with zero attached hydrogens (tertiary/aromatic N) is 1. The van der Waals surface area contributed by atoms with Crippen molar-refractivity contribution in [2.24, 2.45) is 0 Å². The molecule has 1 aromatic carbocycles. The van der Waals surface area contributed by atoms with Gasteiger partial charge in [-0.2, -0.15) is 0 Å². The molecule has 0 bridgehead atoms. The van der Waals surface area contributed by atoms with Gasteiger partial charge in [0.15, 0.2) is 0 Å². The summed E-state index contributed by atoms with van der Waals surface area (Å²) in [6.45, 7) is 0. The number of fused-ring (bicyclic) bond motifs is 1. The Morgan fingerprint density at radius 2 is 1.84 bits per heavy atom. The first kappa shape index (κ1) is 12.7. The summed E-state index contributed by atoms with van der Waals surface area (Å²) in [5.41, 5.74) is 9.30. The molecule has 1 aromatic heterocycles. The lowest BCUT2D eigenvalue weighted by atomic mass is 10.0. The Labute approximate surface area is 118 Å². The van der Waals surface area contributed by atoms with Gasteiger partial charge < -0.3 is 5.73 Å². The summed E-state index contributed by atoms with van der Waals surface area (Å²) in [6, 6.07) is 8.22. The molecule has 0 amide bonds. The van der Waals surface area contributed by atoms with Crippen LogP contribution in [0, 0.1) is 0 Å². The highest BCUT2D eigenvalue weighted by atomic mass is 32.1. The number of anilines is 1. The van der Waals surface area contributed by atoms with Crippen molar-refractivity contribution in [3.05, 3.63) is 45.4 Å². The largest absolute Gasteiger partial charge is 0.399 e. The van der Waals surface area contributed by atoms with Gasteiger partial charge in [-0.3, -0.25) is 0 Å². The highest BCUT2D eigenvalue weighted by molar-refractivity contribution is 7.11. The van der Waals surface area contributed by atoms with Crippen LogP contribution in [0.4, 0.5) is 5.69 Å². The van der Waals surface area contributed by atoms with E-state index in [2.05, 4.69) is 12.1 Å². The normalized spacial score (nSPS) is 14.3. The van der Waals surface area contributed by atoms with Crippen LogP contribution in [0.25, 0.3) is 0 Å². The molecule has 0 saturated carbocycles. The molecule has 2 nitrogen and oxygen atoms in total. The molecule has 1 heterocycles. The molecule has 19 heavy (non-hydrogen) atoms. The Hall–Kier alpha value is -1.35. The van der Waals surface area contributed by atoms with Crippen molar-refractivity contribution in [3.63, 3.8) is 0 Å². The highest BCUT2D eigenvalue weighted by Crippen LogP contribution is 2.27. The van der Waals surface area contributed by atoms with Gasteiger partial charge in [0.05, 0.1) is 10.7 Å². The lowest BCUT2D eigenvalue weighted by molar-refractivity contribution is 0.679.